The summed E-state index contributed by atoms with van der Waals surface area (Å²) in [6.07, 6.45) is 8.35. The first-order valence-corrected chi connectivity index (χ1v) is 18.9. The van der Waals surface area contributed by atoms with E-state index in [1.165, 1.54) is 6.42 Å². The summed E-state index contributed by atoms with van der Waals surface area (Å²) < 4.78 is 34.9. The fraction of sp³-hybridized carbons (Fsp3) is 0.812. The van der Waals surface area contributed by atoms with Crippen LogP contribution in [0.3, 0.4) is 0 Å². The van der Waals surface area contributed by atoms with E-state index in [2.05, 4.69) is 25.3 Å². The summed E-state index contributed by atoms with van der Waals surface area (Å²) in [5.41, 5.74) is -1.18. The summed E-state index contributed by atoms with van der Waals surface area (Å²) in [4.78, 5) is 24.9. The molecule has 2 N–H and O–H groups in total. The van der Waals surface area contributed by atoms with Crippen molar-refractivity contribution in [2.24, 2.45) is 34.5 Å². The fourth-order valence-corrected chi connectivity index (χ4v) is 8.82. The number of rotatable bonds is 10. The SMILES string of the molecule is C/C=C/[C@H](C)[C@@H]1OC(O)C(C)(C)C(=O)[C@@H]1C.C/C=C/[C@H](C)[C@H](O)[C@@H](C)C(=O)C(C)(C)C1SCCCS1.FB(F)F.SCCCS. The number of thioether (sulfide) groups is 2. The third-order valence-electron chi connectivity index (χ3n) is 7.79. The van der Waals surface area contributed by atoms with Gasteiger partial charge in [-0.1, -0.05) is 65.8 Å². The van der Waals surface area contributed by atoms with Crippen molar-refractivity contribution in [3.05, 3.63) is 24.3 Å². The van der Waals surface area contributed by atoms with Gasteiger partial charge in [-0.15, -0.1) is 23.5 Å². The Morgan fingerprint density at radius 1 is 1.09 bits per heavy atom. The van der Waals surface area contributed by atoms with Gasteiger partial charge in [-0.25, -0.2) is 0 Å². The van der Waals surface area contributed by atoms with E-state index in [4.69, 9.17) is 4.74 Å². The molecule has 2 fully saturated rings. The first-order chi connectivity index (χ1) is 20.8. The van der Waals surface area contributed by atoms with E-state index in [0.29, 0.717) is 4.58 Å². The number of halogens is 3. The fourth-order valence-electron chi connectivity index (χ4n) is 4.99. The van der Waals surface area contributed by atoms with E-state index in [-0.39, 0.29) is 46.8 Å². The number of thiol groups is 2. The minimum Gasteiger partial charge on any atom is -0.392 e. The zero-order valence-electron chi connectivity index (χ0n) is 28.7. The van der Waals surface area contributed by atoms with Gasteiger partial charge >= 0.3 is 7.54 Å². The van der Waals surface area contributed by atoms with Crippen LogP contribution >= 0.6 is 48.8 Å². The van der Waals surface area contributed by atoms with E-state index in [9.17, 15) is 32.7 Å². The molecule has 2 aliphatic rings. The molecule has 0 saturated carbocycles. The summed E-state index contributed by atoms with van der Waals surface area (Å²) in [7, 11) is -3.67. The second-order valence-corrected chi connectivity index (χ2v) is 16.1. The summed E-state index contributed by atoms with van der Waals surface area (Å²) in [5, 5.41) is 20.2. The van der Waals surface area contributed by atoms with E-state index in [1.807, 2.05) is 103 Å². The Morgan fingerprint density at radius 3 is 1.96 bits per heavy atom. The van der Waals surface area contributed by atoms with Gasteiger partial charge in [-0.2, -0.15) is 25.3 Å². The molecule has 7 atom stereocenters. The second-order valence-electron chi connectivity index (χ2n) is 12.4. The number of aliphatic hydroxyl groups excluding tert-OH is 2. The van der Waals surface area contributed by atoms with Gasteiger partial charge in [0.25, 0.3) is 0 Å². The van der Waals surface area contributed by atoms with E-state index in [1.54, 1.807) is 13.8 Å². The Hall–Kier alpha value is -0.0451. The Kier molecular flexibility index (Phi) is 25.3. The summed E-state index contributed by atoms with van der Waals surface area (Å²) in [6, 6.07) is 0. The van der Waals surface area contributed by atoms with Crippen molar-refractivity contribution in [3.63, 3.8) is 0 Å². The number of ketones is 2. The van der Waals surface area contributed by atoms with Gasteiger partial charge in [0.15, 0.2) is 6.29 Å². The molecule has 0 aliphatic carbocycles. The number of carbonyl (C=O) groups excluding carboxylic acids is 2. The average molecular weight is 719 g/mol. The molecule has 13 heteroatoms. The zero-order chi connectivity index (χ0) is 35.5. The second kappa shape index (κ2) is 24.1. The van der Waals surface area contributed by atoms with Crippen molar-refractivity contribution in [1.29, 1.82) is 0 Å². The minimum atomic E-state index is -3.67. The first kappa shape index (κ1) is 47.1. The lowest BCUT2D eigenvalue weighted by Gasteiger charge is -2.43. The average Bonchev–Trinajstić information content (AvgIpc) is 2.98. The predicted octanol–water partition coefficient (Wildman–Crippen LogP) is 8.25. The highest BCUT2D eigenvalue weighted by molar-refractivity contribution is 8.17. The zero-order valence-corrected chi connectivity index (χ0v) is 32.1. The van der Waals surface area contributed by atoms with Crippen LogP contribution in [0.4, 0.5) is 12.9 Å². The topological polar surface area (TPSA) is 83.8 Å². The molecule has 264 valence electrons. The Labute approximate surface area is 291 Å². The maximum atomic E-state index is 12.8. The van der Waals surface area contributed by atoms with E-state index >= 15 is 0 Å². The van der Waals surface area contributed by atoms with Crippen LogP contribution in [-0.2, 0) is 14.3 Å². The van der Waals surface area contributed by atoms with Crippen LogP contribution in [0.5, 0.6) is 0 Å². The lowest BCUT2D eigenvalue weighted by Crippen LogP contribution is -2.54. The highest BCUT2D eigenvalue weighted by atomic mass is 32.2. The van der Waals surface area contributed by atoms with Gasteiger partial charge < -0.3 is 14.9 Å². The van der Waals surface area contributed by atoms with E-state index in [0.717, 1.165) is 29.4 Å². The standard InChI is InChI=1S/C16H28O2S2.C13H22O3.C3H8S2.BF3/c1-6-8-11(2)13(17)12(3)14(18)16(4,5)15-19-9-7-10-20-15;1-6-7-8(2)10-9(3)11(14)13(4,5)12(15)16-10;4-2-1-3-5;2-1(3)4/h6,8,11-13,15,17H,7,9-10H2,1-5H3;6-10,12,15H,1-5H3;4-5H,1-3H2;/b8-6+;7-6+;;/t11-,12+,13-;8-,9+,10-,12?;;/m00../s1. The van der Waals surface area contributed by atoms with Gasteiger partial charge in [0.05, 0.1) is 22.2 Å². The predicted molar refractivity (Wildman–Crippen MR) is 195 cm³/mol. The Morgan fingerprint density at radius 2 is 1.56 bits per heavy atom. The van der Waals surface area contributed by atoms with Crippen LogP contribution in [0, 0.1) is 34.5 Å². The quantitative estimate of drug-likeness (QED) is 0.103. The molecule has 2 heterocycles. The minimum absolute atomic E-state index is 0.0152. The maximum absolute atomic E-state index is 12.8. The van der Waals surface area contributed by atoms with Crippen LogP contribution in [0.25, 0.3) is 0 Å². The number of aliphatic hydroxyl groups is 2. The first-order valence-electron chi connectivity index (χ1n) is 15.5. The van der Waals surface area contributed by atoms with Crippen LogP contribution < -0.4 is 0 Å². The molecule has 0 aromatic heterocycles. The summed E-state index contributed by atoms with van der Waals surface area (Å²) >= 11 is 11.7. The number of Topliss-reactive ketones (excluding diaryl/α,β-unsaturated/α-hetero) is 2. The molecule has 0 aromatic rings. The molecule has 2 rings (SSSR count). The molecule has 0 amide bonds. The third-order valence-corrected chi connectivity index (χ3v) is 12.1. The van der Waals surface area contributed by atoms with Crippen LogP contribution in [-0.4, -0.2) is 75.4 Å². The number of hydrogen-bond donors (Lipinski definition) is 4. The number of allylic oxidation sites excluding steroid dienone is 2. The maximum Gasteiger partial charge on any atom is 0.762 e. The Balaban J connectivity index is 0. The molecule has 0 aromatic carbocycles. The largest absolute Gasteiger partial charge is 0.762 e. The molecular formula is C32H58BF3O5S4. The highest BCUT2D eigenvalue weighted by Crippen LogP contribution is 2.45. The molecule has 0 radical (unpaired) electrons. The van der Waals surface area contributed by atoms with Crippen molar-refractivity contribution in [2.75, 3.05) is 23.0 Å². The van der Waals surface area contributed by atoms with E-state index < -0.39 is 25.4 Å². The lowest BCUT2D eigenvalue weighted by molar-refractivity contribution is -0.233. The molecule has 1 unspecified atom stereocenters. The highest BCUT2D eigenvalue weighted by Gasteiger charge is 2.48. The monoisotopic (exact) mass is 718 g/mol. The Bertz CT molecular complexity index is 884. The number of ether oxygens (including phenoxy) is 1. The molecule has 0 spiro atoms. The van der Waals surface area contributed by atoms with Gasteiger partial charge in [-0.3, -0.25) is 22.5 Å². The van der Waals surface area contributed by atoms with Crippen LogP contribution in [0.15, 0.2) is 24.3 Å². The van der Waals surface area contributed by atoms with Crippen molar-refractivity contribution in [2.45, 2.75) is 105 Å². The van der Waals surface area contributed by atoms with Crippen LogP contribution in [0.1, 0.15) is 82.1 Å². The number of hydrogen-bond acceptors (Lipinski definition) is 9. The summed E-state index contributed by atoms with van der Waals surface area (Å²) in [6.45, 7) is 19.1. The van der Waals surface area contributed by atoms with Crippen molar-refractivity contribution in [1.82, 2.24) is 0 Å². The van der Waals surface area contributed by atoms with Crippen LogP contribution in [0.2, 0.25) is 0 Å². The van der Waals surface area contributed by atoms with Gasteiger partial charge in [0.1, 0.15) is 11.6 Å². The van der Waals surface area contributed by atoms with Crippen molar-refractivity contribution >= 4 is 67.9 Å². The van der Waals surface area contributed by atoms with Gasteiger partial charge in [0.2, 0.25) is 0 Å². The molecular weight excluding hydrogens is 660 g/mol. The summed E-state index contributed by atoms with van der Waals surface area (Å²) in [5.74, 6) is 4.12. The smallest absolute Gasteiger partial charge is 0.392 e. The van der Waals surface area contributed by atoms with Gasteiger partial charge in [-0.05, 0) is 63.5 Å². The van der Waals surface area contributed by atoms with Gasteiger partial charge in [0, 0.05) is 29.1 Å². The molecule has 0 bridgehead atoms. The third kappa shape index (κ3) is 16.8. The number of carbonyl (C=O) groups is 2. The normalized spacial score (nSPS) is 24.6. The van der Waals surface area contributed by atoms with Crippen molar-refractivity contribution in [3.8, 4) is 0 Å². The molecule has 2 saturated heterocycles. The lowest BCUT2D eigenvalue weighted by atomic mass is 9.74. The molecule has 5 nitrogen and oxygen atoms in total. The molecule has 2 aliphatic heterocycles. The van der Waals surface area contributed by atoms with Crippen molar-refractivity contribution < 1.29 is 37.5 Å². The molecule has 45 heavy (non-hydrogen) atoms.